The van der Waals surface area contributed by atoms with Crippen molar-refractivity contribution in [3.05, 3.63) is 95.6 Å². The Bertz CT molecular complexity index is 1090. The minimum Gasteiger partial charge on any atom is -0.381 e. The molecule has 4 nitrogen and oxygen atoms in total. The molecule has 1 saturated heterocycles. The quantitative estimate of drug-likeness (QED) is 0.552. The summed E-state index contributed by atoms with van der Waals surface area (Å²) in [5.74, 6) is 0.544. The Labute approximate surface area is 186 Å². The molecule has 0 spiro atoms. The summed E-state index contributed by atoms with van der Waals surface area (Å²) in [4.78, 5) is 0.370. The Morgan fingerprint density at radius 1 is 0.871 bits per heavy atom. The molecule has 1 aliphatic rings. The molecule has 1 fully saturated rings. The predicted octanol–water partition coefficient (Wildman–Crippen LogP) is 5.25. The first kappa shape index (κ1) is 21.6. The highest BCUT2D eigenvalue weighted by Gasteiger charge is 2.29. The number of aryl methyl sites for hydroxylation is 1. The first-order valence-electron chi connectivity index (χ1n) is 10.9. The Morgan fingerprint density at radius 3 is 2.23 bits per heavy atom. The molecule has 4 rings (SSSR count). The van der Waals surface area contributed by atoms with Crippen LogP contribution in [-0.2, 0) is 23.0 Å². The number of anilines is 1. The van der Waals surface area contributed by atoms with E-state index in [1.165, 1.54) is 16.7 Å². The smallest absolute Gasteiger partial charge is 0.243 e. The van der Waals surface area contributed by atoms with E-state index in [0.717, 1.165) is 24.9 Å². The third-order valence-electron chi connectivity index (χ3n) is 6.01. The van der Waals surface area contributed by atoms with Crippen molar-refractivity contribution in [1.82, 2.24) is 4.31 Å². The molecule has 5 heteroatoms. The lowest BCUT2D eigenvalue weighted by Crippen LogP contribution is -2.38. The summed E-state index contributed by atoms with van der Waals surface area (Å²) in [5, 5.41) is 3.37. The van der Waals surface area contributed by atoms with Crippen LogP contribution in [0.4, 0.5) is 5.69 Å². The highest BCUT2D eigenvalue weighted by molar-refractivity contribution is 7.89. The second-order valence-electron chi connectivity index (χ2n) is 8.40. The molecule has 0 radical (unpaired) electrons. The summed E-state index contributed by atoms with van der Waals surface area (Å²) in [5.41, 5.74) is 4.68. The molecule has 0 amide bonds. The molecule has 3 aromatic carbocycles. The van der Waals surface area contributed by atoms with Crippen molar-refractivity contribution in [3.63, 3.8) is 0 Å². The van der Waals surface area contributed by atoms with E-state index in [1.807, 2.05) is 24.3 Å². The molecule has 0 saturated carbocycles. The standard InChI is InChI=1S/C26H30N2O2S/c1-21-6-5-9-24(18-21)20-27-25-10-12-26(13-11-25)31(29,30)28-16-14-23(15-17-28)19-22-7-3-2-4-8-22/h2-13,18,23,27H,14-17,19-20H2,1H3. The highest BCUT2D eigenvalue weighted by Crippen LogP contribution is 2.27. The monoisotopic (exact) mass is 434 g/mol. The Morgan fingerprint density at radius 2 is 1.55 bits per heavy atom. The second kappa shape index (κ2) is 9.67. The molecule has 3 aromatic rings. The molecule has 0 bridgehead atoms. The summed E-state index contributed by atoms with van der Waals surface area (Å²) in [7, 11) is -3.44. The Hall–Kier alpha value is -2.63. The van der Waals surface area contributed by atoms with Gasteiger partial charge >= 0.3 is 0 Å². The predicted molar refractivity (Wildman–Crippen MR) is 127 cm³/mol. The van der Waals surface area contributed by atoms with Gasteiger partial charge in [-0.2, -0.15) is 4.31 Å². The average molecular weight is 435 g/mol. The van der Waals surface area contributed by atoms with Crippen LogP contribution in [0.1, 0.15) is 29.5 Å². The van der Waals surface area contributed by atoms with Crippen molar-refractivity contribution in [2.24, 2.45) is 5.92 Å². The third-order valence-corrected chi connectivity index (χ3v) is 7.92. The molecular weight excluding hydrogens is 404 g/mol. The summed E-state index contributed by atoms with van der Waals surface area (Å²) in [6.45, 7) is 3.97. The van der Waals surface area contributed by atoms with Crippen LogP contribution >= 0.6 is 0 Å². The Kier molecular flexibility index (Phi) is 6.73. The van der Waals surface area contributed by atoms with Gasteiger partial charge in [0.25, 0.3) is 0 Å². The Balaban J connectivity index is 1.33. The topological polar surface area (TPSA) is 49.4 Å². The fourth-order valence-electron chi connectivity index (χ4n) is 4.22. The van der Waals surface area contributed by atoms with Gasteiger partial charge in [0.05, 0.1) is 4.90 Å². The molecule has 162 valence electrons. The number of sulfonamides is 1. The minimum absolute atomic E-state index is 0.370. The van der Waals surface area contributed by atoms with Crippen LogP contribution in [0.2, 0.25) is 0 Å². The lowest BCUT2D eigenvalue weighted by atomic mass is 9.91. The summed E-state index contributed by atoms with van der Waals surface area (Å²) in [6.07, 6.45) is 2.84. The number of hydrogen-bond acceptors (Lipinski definition) is 3. The molecule has 1 N–H and O–H groups in total. The van der Waals surface area contributed by atoms with Gasteiger partial charge in [-0.15, -0.1) is 0 Å². The zero-order valence-corrected chi connectivity index (χ0v) is 18.8. The number of benzene rings is 3. The van der Waals surface area contributed by atoms with Gasteiger partial charge in [-0.05, 0) is 67.5 Å². The van der Waals surface area contributed by atoms with Crippen LogP contribution in [0.5, 0.6) is 0 Å². The second-order valence-corrected chi connectivity index (χ2v) is 10.3. The van der Waals surface area contributed by atoms with Crippen LogP contribution in [0.15, 0.2) is 83.8 Å². The molecular formula is C26H30N2O2S. The maximum Gasteiger partial charge on any atom is 0.243 e. The van der Waals surface area contributed by atoms with Gasteiger partial charge in [-0.1, -0.05) is 60.2 Å². The van der Waals surface area contributed by atoms with Crippen LogP contribution in [0.25, 0.3) is 0 Å². The maximum absolute atomic E-state index is 13.1. The number of nitrogens with zero attached hydrogens (tertiary/aromatic N) is 1. The molecule has 0 aliphatic carbocycles. The molecule has 31 heavy (non-hydrogen) atoms. The fourth-order valence-corrected chi connectivity index (χ4v) is 5.69. The average Bonchev–Trinajstić information content (AvgIpc) is 2.79. The van der Waals surface area contributed by atoms with E-state index in [1.54, 1.807) is 16.4 Å². The number of rotatable bonds is 7. The van der Waals surface area contributed by atoms with E-state index in [4.69, 9.17) is 0 Å². The van der Waals surface area contributed by atoms with Gasteiger partial charge in [0.2, 0.25) is 10.0 Å². The first-order chi connectivity index (χ1) is 15.0. The number of nitrogens with one attached hydrogen (secondary N) is 1. The molecule has 0 aromatic heterocycles. The zero-order chi connectivity index (χ0) is 21.7. The van der Waals surface area contributed by atoms with Crippen LogP contribution < -0.4 is 5.32 Å². The third kappa shape index (κ3) is 5.54. The lowest BCUT2D eigenvalue weighted by Gasteiger charge is -2.31. The first-order valence-corrected chi connectivity index (χ1v) is 12.4. The van der Waals surface area contributed by atoms with Crippen LogP contribution in [0, 0.1) is 12.8 Å². The highest BCUT2D eigenvalue weighted by atomic mass is 32.2. The zero-order valence-electron chi connectivity index (χ0n) is 18.0. The largest absolute Gasteiger partial charge is 0.381 e. The summed E-state index contributed by atoms with van der Waals surface area (Å²) < 4.78 is 27.8. The van der Waals surface area contributed by atoms with Crippen molar-refractivity contribution >= 4 is 15.7 Å². The summed E-state index contributed by atoms with van der Waals surface area (Å²) >= 11 is 0. The van der Waals surface area contributed by atoms with E-state index in [9.17, 15) is 8.42 Å². The molecule has 0 unspecified atom stereocenters. The van der Waals surface area contributed by atoms with Crippen molar-refractivity contribution in [1.29, 1.82) is 0 Å². The fraction of sp³-hybridized carbons (Fsp3) is 0.308. The van der Waals surface area contributed by atoms with Crippen LogP contribution in [-0.4, -0.2) is 25.8 Å². The van der Waals surface area contributed by atoms with Gasteiger partial charge in [-0.25, -0.2) is 8.42 Å². The van der Waals surface area contributed by atoms with E-state index < -0.39 is 10.0 Å². The van der Waals surface area contributed by atoms with Gasteiger partial charge in [-0.3, -0.25) is 0 Å². The van der Waals surface area contributed by atoms with E-state index in [0.29, 0.717) is 30.4 Å². The van der Waals surface area contributed by atoms with Gasteiger partial charge in [0, 0.05) is 25.3 Å². The van der Waals surface area contributed by atoms with E-state index in [-0.39, 0.29) is 0 Å². The van der Waals surface area contributed by atoms with Gasteiger partial charge in [0.1, 0.15) is 0 Å². The van der Waals surface area contributed by atoms with Gasteiger partial charge < -0.3 is 5.32 Å². The number of piperidine rings is 1. The van der Waals surface area contributed by atoms with E-state index in [2.05, 4.69) is 54.7 Å². The normalized spacial score (nSPS) is 15.6. The maximum atomic E-state index is 13.1. The number of hydrogen-bond donors (Lipinski definition) is 1. The van der Waals surface area contributed by atoms with Crippen molar-refractivity contribution in [3.8, 4) is 0 Å². The summed E-state index contributed by atoms with van der Waals surface area (Å²) in [6, 6.07) is 25.9. The molecule has 0 atom stereocenters. The lowest BCUT2D eigenvalue weighted by molar-refractivity contribution is 0.273. The van der Waals surface area contributed by atoms with Crippen LogP contribution in [0.3, 0.4) is 0 Å². The SMILES string of the molecule is Cc1cccc(CNc2ccc(S(=O)(=O)N3CCC(Cc4ccccc4)CC3)cc2)c1. The van der Waals surface area contributed by atoms with Crippen molar-refractivity contribution in [2.75, 3.05) is 18.4 Å². The molecule has 1 aliphatic heterocycles. The van der Waals surface area contributed by atoms with Crippen molar-refractivity contribution in [2.45, 2.75) is 37.6 Å². The van der Waals surface area contributed by atoms with Crippen molar-refractivity contribution < 1.29 is 8.42 Å². The van der Waals surface area contributed by atoms with Gasteiger partial charge in [0.15, 0.2) is 0 Å². The van der Waals surface area contributed by atoms with E-state index >= 15 is 0 Å². The minimum atomic E-state index is -3.44. The molecule has 1 heterocycles.